The summed E-state index contributed by atoms with van der Waals surface area (Å²) < 4.78 is 39.8. The van der Waals surface area contributed by atoms with Crippen LogP contribution in [-0.2, 0) is 13.2 Å². The topological polar surface area (TPSA) is 80.0 Å². The second-order valence-electron chi connectivity index (χ2n) is 6.88. The standard InChI is InChI=1S/C19H17F3N4O2/c1-26-9-24-16-12(10-2-4-11(5-3-10)19(20,21)22)8-23-17(15(16)18(26)28)25-13-6-7-14(13)27/h2-5,8-9,13-14,27H,6-7H2,1H3,(H,23,25)/t13-,14-/m0/s1. The molecule has 2 aromatic heterocycles. The first-order chi connectivity index (χ1) is 13.3. The molecule has 28 heavy (non-hydrogen) atoms. The second kappa shape index (κ2) is 6.59. The van der Waals surface area contributed by atoms with Crippen LogP contribution in [0.15, 0.2) is 41.6 Å². The van der Waals surface area contributed by atoms with Crippen molar-refractivity contribution in [2.75, 3.05) is 5.32 Å². The summed E-state index contributed by atoms with van der Waals surface area (Å²) >= 11 is 0. The Morgan fingerprint density at radius 1 is 1.18 bits per heavy atom. The lowest BCUT2D eigenvalue weighted by Crippen LogP contribution is -2.43. The molecule has 1 aliphatic rings. The highest BCUT2D eigenvalue weighted by molar-refractivity contribution is 5.98. The predicted molar refractivity (Wildman–Crippen MR) is 97.9 cm³/mol. The zero-order valence-electron chi connectivity index (χ0n) is 14.9. The molecule has 2 atom stereocenters. The lowest BCUT2D eigenvalue weighted by Gasteiger charge is -2.33. The Bertz CT molecular complexity index is 1090. The van der Waals surface area contributed by atoms with Gasteiger partial charge in [-0.25, -0.2) is 9.97 Å². The van der Waals surface area contributed by atoms with E-state index in [-0.39, 0.29) is 17.0 Å². The molecule has 1 saturated carbocycles. The minimum Gasteiger partial charge on any atom is -0.391 e. The van der Waals surface area contributed by atoms with Gasteiger partial charge < -0.3 is 15.0 Å². The van der Waals surface area contributed by atoms with E-state index in [4.69, 9.17) is 0 Å². The summed E-state index contributed by atoms with van der Waals surface area (Å²) in [7, 11) is 1.56. The van der Waals surface area contributed by atoms with Crippen molar-refractivity contribution in [3.05, 3.63) is 52.7 Å². The van der Waals surface area contributed by atoms with Gasteiger partial charge in [0.2, 0.25) is 0 Å². The highest BCUT2D eigenvalue weighted by Gasteiger charge is 2.31. The van der Waals surface area contributed by atoms with E-state index in [0.29, 0.717) is 28.9 Å². The van der Waals surface area contributed by atoms with Crippen LogP contribution in [0.1, 0.15) is 18.4 Å². The van der Waals surface area contributed by atoms with Crippen LogP contribution in [0.5, 0.6) is 0 Å². The van der Waals surface area contributed by atoms with Gasteiger partial charge in [-0.2, -0.15) is 13.2 Å². The van der Waals surface area contributed by atoms with E-state index in [9.17, 15) is 23.1 Å². The van der Waals surface area contributed by atoms with Crippen molar-refractivity contribution < 1.29 is 18.3 Å². The maximum absolute atomic E-state index is 12.8. The van der Waals surface area contributed by atoms with Crippen molar-refractivity contribution in [1.82, 2.24) is 14.5 Å². The molecule has 1 fully saturated rings. The summed E-state index contributed by atoms with van der Waals surface area (Å²) in [6.07, 6.45) is -0.664. The molecule has 3 aromatic rings. The van der Waals surface area contributed by atoms with Crippen LogP contribution in [0.2, 0.25) is 0 Å². The smallest absolute Gasteiger partial charge is 0.391 e. The summed E-state index contributed by atoms with van der Waals surface area (Å²) in [6, 6.07) is 4.44. The number of aryl methyl sites for hydroxylation is 1. The summed E-state index contributed by atoms with van der Waals surface area (Å²) in [4.78, 5) is 21.4. The number of anilines is 1. The van der Waals surface area contributed by atoms with E-state index >= 15 is 0 Å². The third-order valence-electron chi connectivity index (χ3n) is 5.03. The highest BCUT2D eigenvalue weighted by Crippen LogP contribution is 2.34. The largest absolute Gasteiger partial charge is 0.416 e. The summed E-state index contributed by atoms with van der Waals surface area (Å²) in [5.74, 6) is 0.308. The first-order valence-corrected chi connectivity index (χ1v) is 8.72. The highest BCUT2D eigenvalue weighted by atomic mass is 19.4. The maximum atomic E-state index is 12.8. The van der Waals surface area contributed by atoms with Gasteiger partial charge in [-0.3, -0.25) is 4.79 Å². The summed E-state index contributed by atoms with van der Waals surface area (Å²) in [5.41, 5.74) is 0.189. The van der Waals surface area contributed by atoms with Crippen molar-refractivity contribution in [1.29, 1.82) is 0 Å². The minimum absolute atomic E-state index is 0.197. The molecule has 0 spiro atoms. The molecule has 0 aliphatic heterocycles. The molecule has 0 amide bonds. The Morgan fingerprint density at radius 2 is 1.89 bits per heavy atom. The molecule has 2 heterocycles. The molecule has 146 valence electrons. The molecular formula is C19H17F3N4O2. The number of fused-ring (bicyclic) bond motifs is 1. The van der Waals surface area contributed by atoms with Gasteiger partial charge in [-0.05, 0) is 30.5 Å². The van der Waals surface area contributed by atoms with Crippen LogP contribution in [0.4, 0.5) is 19.0 Å². The lowest BCUT2D eigenvalue weighted by atomic mass is 9.89. The van der Waals surface area contributed by atoms with E-state index in [1.807, 2.05) is 0 Å². The maximum Gasteiger partial charge on any atom is 0.416 e. The van der Waals surface area contributed by atoms with Crippen LogP contribution in [0.25, 0.3) is 22.0 Å². The molecule has 1 aromatic carbocycles. The fourth-order valence-electron chi connectivity index (χ4n) is 3.20. The Kier molecular flexibility index (Phi) is 4.34. The van der Waals surface area contributed by atoms with E-state index < -0.39 is 17.8 Å². The summed E-state index contributed by atoms with van der Waals surface area (Å²) in [6.45, 7) is 0. The fraction of sp³-hybridized carbons (Fsp3) is 0.316. The average Bonchev–Trinajstić information content (AvgIpc) is 2.67. The molecular weight excluding hydrogens is 373 g/mol. The molecule has 9 heteroatoms. The van der Waals surface area contributed by atoms with Gasteiger partial charge in [0.25, 0.3) is 5.56 Å². The number of hydrogen-bond donors (Lipinski definition) is 2. The average molecular weight is 390 g/mol. The number of aliphatic hydroxyl groups is 1. The number of hydrogen-bond acceptors (Lipinski definition) is 5. The SMILES string of the molecule is Cn1cnc2c(-c3ccc(C(F)(F)F)cc3)cnc(N[C@H]3CC[C@@H]3O)c2c1=O. The van der Waals surface area contributed by atoms with E-state index in [1.54, 1.807) is 7.05 Å². The van der Waals surface area contributed by atoms with Gasteiger partial charge in [-0.1, -0.05) is 12.1 Å². The number of halogens is 3. The fourth-order valence-corrected chi connectivity index (χ4v) is 3.20. The lowest BCUT2D eigenvalue weighted by molar-refractivity contribution is -0.137. The second-order valence-corrected chi connectivity index (χ2v) is 6.88. The van der Waals surface area contributed by atoms with Gasteiger partial charge in [0.1, 0.15) is 11.2 Å². The van der Waals surface area contributed by atoms with Crippen molar-refractivity contribution in [2.24, 2.45) is 7.05 Å². The van der Waals surface area contributed by atoms with Crippen LogP contribution < -0.4 is 10.9 Å². The Morgan fingerprint density at radius 3 is 2.46 bits per heavy atom. The van der Waals surface area contributed by atoms with Gasteiger partial charge in [-0.15, -0.1) is 0 Å². The number of pyridine rings is 1. The first-order valence-electron chi connectivity index (χ1n) is 8.72. The number of rotatable bonds is 3. The normalized spacial score (nSPS) is 19.5. The molecule has 0 radical (unpaired) electrons. The van der Waals surface area contributed by atoms with Crippen molar-refractivity contribution in [3.8, 4) is 11.1 Å². The van der Waals surface area contributed by atoms with E-state index in [2.05, 4.69) is 15.3 Å². The monoisotopic (exact) mass is 390 g/mol. The summed E-state index contributed by atoms with van der Waals surface area (Å²) in [5, 5.41) is 13.1. The van der Waals surface area contributed by atoms with Crippen molar-refractivity contribution in [3.63, 3.8) is 0 Å². The van der Waals surface area contributed by atoms with Gasteiger partial charge in [0, 0.05) is 18.8 Å². The number of aliphatic hydroxyl groups excluding tert-OH is 1. The minimum atomic E-state index is -4.43. The number of alkyl halides is 3. The number of benzene rings is 1. The van der Waals surface area contributed by atoms with Crippen LogP contribution in [-0.4, -0.2) is 31.8 Å². The van der Waals surface area contributed by atoms with E-state index in [1.165, 1.54) is 29.2 Å². The molecule has 1 aliphatic carbocycles. The Labute approximate surface area is 157 Å². The number of aromatic nitrogens is 3. The van der Waals surface area contributed by atoms with Crippen LogP contribution >= 0.6 is 0 Å². The van der Waals surface area contributed by atoms with Gasteiger partial charge >= 0.3 is 6.18 Å². The van der Waals surface area contributed by atoms with E-state index in [0.717, 1.165) is 18.6 Å². The molecule has 2 N–H and O–H groups in total. The first kappa shape index (κ1) is 18.4. The zero-order chi connectivity index (χ0) is 20.1. The Hall–Kier alpha value is -2.94. The van der Waals surface area contributed by atoms with Gasteiger partial charge in [0.05, 0.1) is 29.6 Å². The zero-order valence-corrected chi connectivity index (χ0v) is 14.9. The number of nitrogens with one attached hydrogen (secondary N) is 1. The molecule has 0 bridgehead atoms. The van der Waals surface area contributed by atoms with Crippen molar-refractivity contribution >= 4 is 16.7 Å². The Balaban J connectivity index is 1.84. The molecule has 6 nitrogen and oxygen atoms in total. The third kappa shape index (κ3) is 3.11. The molecule has 0 unspecified atom stereocenters. The van der Waals surface area contributed by atoms with Crippen molar-refractivity contribution in [2.45, 2.75) is 31.2 Å². The molecule has 0 saturated heterocycles. The van der Waals surface area contributed by atoms with Crippen LogP contribution in [0.3, 0.4) is 0 Å². The molecule has 4 rings (SSSR count). The third-order valence-corrected chi connectivity index (χ3v) is 5.03. The van der Waals surface area contributed by atoms with Crippen LogP contribution in [0, 0.1) is 0 Å². The predicted octanol–water partition coefficient (Wildman–Crippen LogP) is 2.95. The van der Waals surface area contributed by atoms with Gasteiger partial charge in [0.15, 0.2) is 0 Å². The number of nitrogens with zero attached hydrogens (tertiary/aromatic N) is 3. The quantitative estimate of drug-likeness (QED) is 0.719.